The Labute approximate surface area is 368 Å². The third-order valence-corrected chi connectivity index (χ3v) is 13.5. The molecule has 3 amide bonds. The highest BCUT2D eigenvalue weighted by molar-refractivity contribution is 7.90. The van der Waals surface area contributed by atoms with Crippen molar-refractivity contribution in [1.29, 1.82) is 0 Å². The summed E-state index contributed by atoms with van der Waals surface area (Å²) in [5.74, 6) is -1.80. The van der Waals surface area contributed by atoms with Crippen molar-refractivity contribution in [2.24, 2.45) is 11.8 Å². The van der Waals surface area contributed by atoms with E-state index in [9.17, 15) is 27.9 Å². The monoisotopic (exact) mass is 889 g/mol. The van der Waals surface area contributed by atoms with Crippen molar-refractivity contribution in [1.82, 2.24) is 24.9 Å². The first kappa shape index (κ1) is 46.2. The van der Waals surface area contributed by atoms with Crippen LogP contribution in [0.4, 0.5) is 10.8 Å². The summed E-state index contributed by atoms with van der Waals surface area (Å²) in [6.07, 6.45) is 3.73. The molecule has 6 rings (SSSR count). The molecule has 5 N–H and O–H groups in total. The van der Waals surface area contributed by atoms with Crippen LogP contribution in [0.2, 0.25) is 0 Å². The van der Waals surface area contributed by atoms with Crippen LogP contribution in [0.1, 0.15) is 79.6 Å². The number of likely N-dealkylation sites (tertiary alicyclic amines) is 1. The zero-order valence-corrected chi connectivity index (χ0v) is 37.9. The number of amides is 3. The third-order valence-electron chi connectivity index (χ3n) is 11.3. The number of sulfonamides is 1. The molecule has 1 saturated heterocycles. The predicted molar refractivity (Wildman–Crippen MR) is 242 cm³/mol. The zero-order valence-electron chi connectivity index (χ0n) is 36.3. The molecule has 1 saturated carbocycles. The maximum atomic E-state index is 14.4. The zero-order chi connectivity index (χ0) is 44.8. The van der Waals surface area contributed by atoms with Gasteiger partial charge in [0.1, 0.15) is 39.8 Å². The third kappa shape index (κ3) is 10.7. The quantitative estimate of drug-likeness (QED) is 0.0450. The van der Waals surface area contributed by atoms with Crippen molar-refractivity contribution < 1.29 is 37.4 Å². The Morgan fingerprint density at radius 2 is 1.84 bits per heavy atom. The lowest BCUT2D eigenvalue weighted by Gasteiger charge is -2.27. The largest absolute Gasteiger partial charge is 0.497 e. The van der Waals surface area contributed by atoms with Crippen LogP contribution in [0.5, 0.6) is 11.5 Å². The molecule has 4 aromatic rings. The van der Waals surface area contributed by atoms with E-state index in [0.717, 1.165) is 30.8 Å². The van der Waals surface area contributed by atoms with Crippen LogP contribution in [0.15, 0.2) is 71.5 Å². The number of aliphatic hydroxyl groups is 1. The molecule has 2 aromatic carbocycles. The summed E-state index contributed by atoms with van der Waals surface area (Å²) in [6, 6.07) is 12.6. The average Bonchev–Trinajstić information content (AvgIpc) is 3.50. The van der Waals surface area contributed by atoms with Gasteiger partial charge in [0, 0.05) is 47.8 Å². The lowest BCUT2D eigenvalue weighted by molar-refractivity contribution is -0.141. The molecule has 1 aliphatic carbocycles. The number of ether oxygens (including phenoxy) is 2. The molecule has 3 heterocycles. The van der Waals surface area contributed by atoms with E-state index in [1.165, 1.54) is 28.4 Å². The number of anilines is 2. The number of methoxy groups -OCH3 is 1. The second-order valence-electron chi connectivity index (χ2n) is 16.7. The van der Waals surface area contributed by atoms with E-state index in [4.69, 9.17) is 19.4 Å². The van der Waals surface area contributed by atoms with Crippen molar-refractivity contribution in [3.05, 3.63) is 66.6 Å². The number of rotatable bonds is 21. The number of nitrogens with one attached hydrogen (secondary N) is 4. The Balaban J connectivity index is 1.26. The van der Waals surface area contributed by atoms with Gasteiger partial charge in [-0.25, -0.2) is 23.1 Å². The van der Waals surface area contributed by atoms with Crippen LogP contribution < -0.4 is 30.1 Å². The van der Waals surface area contributed by atoms with Gasteiger partial charge in [-0.15, -0.1) is 17.9 Å². The number of nitrogens with zero attached hydrogens (tertiary/aromatic N) is 3. The minimum absolute atomic E-state index is 0.00309. The molecule has 2 aromatic heterocycles. The van der Waals surface area contributed by atoms with Crippen LogP contribution >= 0.6 is 11.3 Å². The number of hydrogen-bond donors (Lipinski definition) is 5. The van der Waals surface area contributed by atoms with Crippen LogP contribution in [0, 0.1) is 11.8 Å². The minimum Gasteiger partial charge on any atom is -0.497 e. The summed E-state index contributed by atoms with van der Waals surface area (Å²) in [4.78, 5) is 53.3. The van der Waals surface area contributed by atoms with Gasteiger partial charge >= 0.3 is 0 Å². The smallest absolute Gasteiger partial charge is 0.266 e. The maximum Gasteiger partial charge on any atom is 0.266 e. The van der Waals surface area contributed by atoms with Gasteiger partial charge < -0.3 is 35.4 Å². The highest BCUT2D eigenvalue weighted by Gasteiger charge is 2.61. The second kappa shape index (κ2) is 19.8. The predicted octanol–water partition coefficient (Wildman–Crippen LogP) is 6.50. The fourth-order valence-electron chi connectivity index (χ4n) is 7.58. The molecule has 15 nitrogen and oxygen atoms in total. The number of pyridine rings is 1. The molecule has 17 heteroatoms. The van der Waals surface area contributed by atoms with E-state index < -0.39 is 57.5 Å². The standard InChI is InChI=1S/C45H59N7O8S2/c1-8-10-11-14-19-46-33-15-12-13-16-40(33)62(57,58)51-43(56)45(24-29(45)9-2)50-42(55)37-21-31(25-52(37)41(54)23-38(53)27(3)4)60-39-22-35(36-26-61-44(49-36)47-28(5)6)48-34-20-30(59-7)17-18-32(34)39/h9,12-13,15-18,20,22,26-29,31,37-38,46,53H,2,8,10-11,14,19,21,23-25H2,1,3-7H3,(H,47,49)(H,50,55)(H,51,56)/t29-,31-,37+,38+,45-/m1/s1. The van der Waals surface area contributed by atoms with Crippen molar-refractivity contribution in [2.75, 3.05) is 30.8 Å². The Hall–Kier alpha value is -5.26. The highest BCUT2D eigenvalue weighted by Crippen LogP contribution is 2.45. The summed E-state index contributed by atoms with van der Waals surface area (Å²) in [7, 11) is -2.82. The van der Waals surface area contributed by atoms with Gasteiger partial charge in [-0.05, 0) is 56.9 Å². The fraction of sp³-hybridized carbons (Fsp3) is 0.489. The summed E-state index contributed by atoms with van der Waals surface area (Å²) in [6.45, 7) is 14.1. The van der Waals surface area contributed by atoms with Crippen LogP contribution in [0.3, 0.4) is 0 Å². The van der Waals surface area contributed by atoms with Crippen molar-refractivity contribution in [2.45, 2.75) is 114 Å². The van der Waals surface area contributed by atoms with Crippen LogP contribution in [-0.4, -0.2) is 96.1 Å². The van der Waals surface area contributed by atoms with Crippen molar-refractivity contribution in [3.8, 4) is 22.9 Å². The number of hydrogen-bond acceptors (Lipinski definition) is 13. The Morgan fingerprint density at radius 3 is 2.53 bits per heavy atom. The highest BCUT2D eigenvalue weighted by atomic mass is 32.2. The van der Waals surface area contributed by atoms with Crippen molar-refractivity contribution in [3.63, 3.8) is 0 Å². The van der Waals surface area contributed by atoms with E-state index in [-0.39, 0.29) is 42.7 Å². The molecule has 0 spiro atoms. The number of aliphatic hydroxyl groups excluding tert-OH is 1. The summed E-state index contributed by atoms with van der Waals surface area (Å²) in [5.41, 5.74) is 0.490. The first-order valence-electron chi connectivity index (χ1n) is 21.3. The minimum atomic E-state index is -4.39. The number of unbranched alkanes of at least 4 members (excludes halogenated alkanes) is 3. The van der Waals surface area contributed by atoms with Gasteiger partial charge in [-0.1, -0.05) is 58.2 Å². The molecule has 2 fully saturated rings. The van der Waals surface area contributed by atoms with Gasteiger partial charge in [0.25, 0.3) is 15.9 Å². The molecule has 334 valence electrons. The normalized spacial score (nSPS) is 20.2. The summed E-state index contributed by atoms with van der Waals surface area (Å²) in [5, 5.41) is 23.4. The summed E-state index contributed by atoms with van der Waals surface area (Å²) < 4.78 is 42.0. The number of thiazole rings is 1. The number of para-hydroxylation sites is 1. The molecule has 2 aliphatic rings. The van der Waals surface area contributed by atoms with Gasteiger partial charge in [0.15, 0.2) is 5.13 Å². The molecule has 5 atom stereocenters. The molecule has 62 heavy (non-hydrogen) atoms. The lowest BCUT2D eigenvalue weighted by atomic mass is 10.0. The van der Waals surface area contributed by atoms with E-state index >= 15 is 0 Å². The average molecular weight is 890 g/mol. The van der Waals surface area contributed by atoms with Crippen molar-refractivity contribution >= 4 is 60.8 Å². The molecule has 0 unspecified atom stereocenters. The fourth-order valence-corrected chi connectivity index (χ4v) is 9.66. The Bertz CT molecular complexity index is 2370. The molecular formula is C45H59N7O8S2. The number of carbonyl (C=O) groups is 3. The number of carbonyl (C=O) groups excluding carboxylic acids is 3. The van der Waals surface area contributed by atoms with E-state index in [1.807, 2.05) is 25.3 Å². The topological polar surface area (TPSA) is 201 Å². The Kier molecular flexibility index (Phi) is 14.8. The number of aromatic nitrogens is 2. The van der Waals surface area contributed by atoms with E-state index in [2.05, 4.69) is 34.2 Å². The summed E-state index contributed by atoms with van der Waals surface area (Å²) >= 11 is 1.45. The molecule has 0 bridgehead atoms. The van der Waals surface area contributed by atoms with Gasteiger partial charge in [-0.3, -0.25) is 14.4 Å². The molecule has 1 aliphatic heterocycles. The van der Waals surface area contributed by atoms with Gasteiger partial charge in [0.05, 0.1) is 43.1 Å². The maximum absolute atomic E-state index is 14.4. The molecule has 0 radical (unpaired) electrons. The number of fused-ring (bicyclic) bond motifs is 1. The van der Waals surface area contributed by atoms with Crippen LogP contribution in [-0.2, 0) is 24.4 Å². The van der Waals surface area contributed by atoms with E-state index in [1.54, 1.807) is 57.4 Å². The second-order valence-corrected chi connectivity index (χ2v) is 19.2. The Morgan fingerprint density at radius 1 is 1.06 bits per heavy atom. The SMILES string of the molecule is C=C[C@@H]1C[C@]1(NC(=O)[C@@H]1C[C@@H](Oc2cc(-c3csc(NC(C)C)n3)nc3cc(OC)ccc23)CN1C(=O)C[C@H](O)C(C)C)C(=O)NS(=O)(=O)c1ccccc1NCCCCCC. The van der Waals surface area contributed by atoms with Crippen LogP contribution in [0.25, 0.3) is 22.3 Å². The molecular weight excluding hydrogens is 831 g/mol. The first-order valence-corrected chi connectivity index (χ1v) is 23.7. The first-order chi connectivity index (χ1) is 29.6. The lowest BCUT2D eigenvalue weighted by Crippen LogP contribution is -2.56. The van der Waals surface area contributed by atoms with Gasteiger partial charge in [-0.2, -0.15) is 0 Å². The number of benzene rings is 2. The van der Waals surface area contributed by atoms with Gasteiger partial charge in [0.2, 0.25) is 11.8 Å². The van der Waals surface area contributed by atoms with E-state index in [0.29, 0.717) is 46.0 Å².